The van der Waals surface area contributed by atoms with Gasteiger partial charge >= 0.3 is 23.7 Å². The summed E-state index contributed by atoms with van der Waals surface area (Å²) >= 11 is 0. The molecular formula is C8H5F9. The van der Waals surface area contributed by atoms with Gasteiger partial charge < -0.3 is 0 Å². The van der Waals surface area contributed by atoms with Crippen LogP contribution in [0.4, 0.5) is 39.5 Å². The fourth-order valence-corrected chi connectivity index (χ4v) is 1.43. The third-order valence-electron chi connectivity index (χ3n) is 2.46. The maximum atomic E-state index is 12.9. The topological polar surface area (TPSA) is 0 Å². The Morgan fingerprint density at radius 1 is 0.765 bits per heavy atom. The van der Waals surface area contributed by atoms with Gasteiger partial charge in [-0.25, -0.2) is 4.39 Å². The molecule has 0 unspecified atom stereocenters. The first-order valence-electron chi connectivity index (χ1n) is 4.26. The molecule has 0 amide bonds. The number of allylic oxidation sites excluding steroid dienone is 2. The highest BCUT2D eigenvalue weighted by Gasteiger charge is 2.86. The van der Waals surface area contributed by atoms with Crippen molar-refractivity contribution >= 4 is 0 Å². The van der Waals surface area contributed by atoms with Crippen LogP contribution in [0.25, 0.3) is 0 Å². The van der Waals surface area contributed by atoms with Gasteiger partial charge in [-0.3, -0.25) is 0 Å². The molecule has 0 N–H and O–H groups in total. The van der Waals surface area contributed by atoms with E-state index in [4.69, 9.17) is 0 Å². The largest absolute Gasteiger partial charge is 0.385 e. The van der Waals surface area contributed by atoms with E-state index in [9.17, 15) is 39.5 Å². The zero-order valence-electron chi connectivity index (χ0n) is 8.11. The molecule has 0 bridgehead atoms. The highest BCUT2D eigenvalue weighted by atomic mass is 19.4. The standard InChI is InChI=1S/C8H5F9/c1-2-3-4(9)6(12,13)8(16,17)7(14,15)5(3,10)11/h2H2,1H3. The van der Waals surface area contributed by atoms with Crippen molar-refractivity contribution in [1.82, 2.24) is 0 Å². The van der Waals surface area contributed by atoms with E-state index >= 15 is 0 Å². The van der Waals surface area contributed by atoms with Crippen LogP contribution in [0.5, 0.6) is 0 Å². The van der Waals surface area contributed by atoms with E-state index in [1.54, 1.807) is 0 Å². The molecule has 0 saturated heterocycles. The van der Waals surface area contributed by atoms with Gasteiger partial charge in [-0.05, 0) is 6.42 Å². The lowest BCUT2D eigenvalue weighted by Crippen LogP contribution is -2.66. The number of rotatable bonds is 1. The Kier molecular flexibility index (Phi) is 2.77. The molecule has 17 heavy (non-hydrogen) atoms. The van der Waals surface area contributed by atoms with Crippen molar-refractivity contribution in [3.63, 3.8) is 0 Å². The molecule has 0 radical (unpaired) electrons. The van der Waals surface area contributed by atoms with E-state index in [0.717, 1.165) is 0 Å². The summed E-state index contributed by atoms with van der Waals surface area (Å²) in [7, 11) is 0. The normalized spacial score (nSPS) is 29.3. The van der Waals surface area contributed by atoms with Gasteiger partial charge in [0, 0.05) is 5.57 Å². The molecule has 1 aliphatic rings. The van der Waals surface area contributed by atoms with Crippen LogP contribution in [0.15, 0.2) is 11.4 Å². The van der Waals surface area contributed by atoms with E-state index in [1.165, 1.54) is 0 Å². The van der Waals surface area contributed by atoms with Gasteiger partial charge in [0.25, 0.3) is 0 Å². The number of hydrogen-bond acceptors (Lipinski definition) is 0. The molecule has 0 aromatic heterocycles. The van der Waals surface area contributed by atoms with Gasteiger partial charge in [0.05, 0.1) is 0 Å². The molecule has 1 aliphatic carbocycles. The van der Waals surface area contributed by atoms with Crippen LogP contribution >= 0.6 is 0 Å². The fourth-order valence-electron chi connectivity index (χ4n) is 1.43. The molecule has 0 aromatic rings. The van der Waals surface area contributed by atoms with Gasteiger partial charge in [-0.2, -0.15) is 35.1 Å². The molecule has 0 atom stereocenters. The predicted octanol–water partition coefficient (Wildman–Crippen LogP) is 4.17. The Hall–Kier alpha value is -0.890. The Morgan fingerprint density at radius 3 is 1.47 bits per heavy atom. The molecule has 9 heteroatoms. The number of alkyl halides is 8. The minimum Gasteiger partial charge on any atom is -0.205 e. The second-order valence-electron chi connectivity index (χ2n) is 3.44. The van der Waals surface area contributed by atoms with Gasteiger partial charge in [-0.15, -0.1) is 0 Å². The van der Waals surface area contributed by atoms with Crippen molar-refractivity contribution < 1.29 is 39.5 Å². The summed E-state index contributed by atoms with van der Waals surface area (Å²) in [6, 6.07) is 0. The minimum absolute atomic E-state index is 0.679. The maximum absolute atomic E-state index is 12.9. The third-order valence-corrected chi connectivity index (χ3v) is 2.46. The molecule has 0 spiro atoms. The van der Waals surface area contributed by atoms with Crippen molar-refractivity contribution in [2.24, 2.45) is 0 Å². The van der Waals surface area contributed by atoms with E-state index in [2.05, 4.69) is 0 Å². The molecule has 0 fully saturated rings. The highest BCUT2D eigenvalue weighted by molar-refractivity contribution is 5.35. The van der Waals surface area contributed by atoms with Crippen LogP contribution in [-0.2, 0) is 0 Å². The molecule has 0 aromatic carbocycles. The van der Waals surface area contributed by atoms with Crippen molar-refractivity contribution in [3.05, 3.63) is 11.4 Å². The van der Waals surface area contributed by atoms with Crippen molar-refractivity contribution in [2.45, 2.75) is 37.0 Å². The van der Waals surface area contributed by atoms with Crippen LogP contribution in [0.1, 0.15) is 13.3 Å². The van der Waals surface area contributed by atoms with E-state index in [-0.39, 0.29) is 0 Å². The van der Waals surface area contributed by atoms with Crippen LogP contribution in [0.2, 0.25) is 0 Å². The molecule has 0 heterocycles. The van der Waals surface area contributed by atoms with Crippen LogP contribution in [-0.4, -0.2) is 23.7 Å². The Morgan fingerprint density at radius 2 is 1.12 bits per heavy atom. The zero-order valence-corrected chi connectivity index (χ0v) is 8.11. The lowest BCUT2D eigenvalue weighted by molar-refractivity contribution is -0.363. The first-order chi connectivity index (χ1) is 7.35. The summed E-state index contributed by atoms with van der Waals surface area (Å²) in [5.74, 6) is -27.7. The van der Waals surface area contributed by atoms with Crippen molar-refractivity contribution in [1.29, 1.82) is 0 Å². The summed E-state index contributed by atoms with van der Waals surface area (Å²) < 4.78 is 114. The van der Waals surface area contributed by atoms with Gasteiger partial charge in [-0.1, -0.05) is 6.92 Å². The minimum atomic E-state index is -6.49. The molecule has 1 rings (SSSR count). The van der Waals surface area contributed by atoms with Crippen LogP contribution in [0.3, 0.4) is 0 Å². The molecule has 0 nitrogen and oxygen atoms in total. The van der Waals surface area contributed by atoms with Gasteiger partial charge in [0.2, 0.25) is 0 Å². The predicted molar refractivity (Wildman–Crippen MR) is 38.2 cm³/mol. The zero-order chi connectivity index (χ0) is 13.9. The smallest absolute Gasteiger partial charge is 0.205 e. The Balaban J connectivity index is 3.67. The third kappa shape index (κ3) is 1.33. The Bertz CT molecular complexity index is 365. The van der Waals surface area contributed by atoms with Crippen molar-refractivity contribution in [3.8, 4) is 0 Å². The summed E-state index contributed by atoms with van der Waals surface area (Å²) in [5.41, 5.74) is -2.31. The van der Waals surface area contributed by atoms with E-state index < -0.39 is 41.5 Å². The fraction of sp³-hybridized carbons (Fsp3) is 0.750. The summed E-state index contributed by atoms with van der Waals surface area (Å²) in [5, 5.41) is 0. The molecule has 0 saturated carbocycles. The first-order valence-corrected chi connectivity index (χ1v) is 4.26. The van der Waals surface area contributed by atoms with Crippen molar-refractivity contribution in [2.75, 3.05) is 0 Å². The second kappa shape index (κ2) is 3.32. The van der Waals surface area contributed by atoms with Gasteiger partial charge in [0.1, 0.15) is 0 Å². The van der Waals surface area contributed by atoms with E-state index in [1.807, 2.05) is 0 Å². The average molecular weight is 272 g/mol. The maximum Gasteiger partial charge on any atom is 0.385 e. The number of halogens is 9. The van der Waals surface area contributed by atoms with Gasteiger partial charge in [0.15, 0.2) is 5.83 Å². The highest BCUT2D eigenvalue weighted by Crippen LogP contribution is 2.62. The van der Waals surface area contributed by atoms with E-state index in [0.29, 0.717) is 6.92 Å². The molecule has 0 aliphatic heterocycles. The lowest BCUT2D eigenvalue weighted by atomic mass is 9.84. The summed E-state index contributed by atoms with van der Waals surface area (Å²) in [6.07, 6.45) is -1.24. The summed E-state index contributed by atoms with van der Waals surface area (Å²) in [6.45, 7) is 0.679. The quantitative estimate of drug-likeness (QED) is 0.628. The van der Waals surface area contributed by atoms with Crippen LogP contribution in [0, 0.1) is 0 Å². The monoisotopic (exact) mass is 272 g/mol. The Labute approximate surface area is 89.1 Å². The lowest BCUT2D eigenvalue weighted by Gasteiger charge is -2.41. The molecular weight excluding hydrogens is 267 g/mol. The summed E-state index contributed by atoms with van der Waals surface area (Å²) in [4.78, 5) is 0. The van der Waals surface area contributed by atoms with Crippen LogP contribution < -0.4 is 0 Å². The number of hydrogen-bond donors (Lipinski definition) is 0. The first kappa shape index (κ1) is 14.2. The molecule has 100 valence electrons. The average Bonchev–Trinajstić information content (AvgIpc) is 2.15. The second-order valence-corrected chi connectivity index (χ2v) is 3.44. The SMILES string of the molecule is CCC1=C(F)C(F)(F)C(F)(F)C(F)(F)C1(F)F.